The van der Waals surface area contributed by atoms with Gasteiger partial charge in [-0.2, -0.15) is 5.26 Å². The largest absolute Gasteiger partial charge is 0.493 e. The van der Waals surface area contributed by atoms with Crippen molar-refractivity contribution in [3.8, 4) is 33.8 Å². The van der Waals surface area contributed by atoms with Crippen LogP contribution in [0.3, 0.4) is 0 Å². The second-order valence-corrected chi connectivity index (χ2v) is 7.67. The van der Waals surface area contributed by atoms with Crippen LogP contribution < -0.4 is 19.5 Å². The lowest BCUT2D eigenvalue weighted by molar-refractivity contribution is -0.118. The first-order valence-corrected chi connectivity index (χ1v) is 10.8. The van der Waals surface area contributed by atoms with Crippen molar-refractivity contribution in [1.82, 2.24) is 0 Å². The predicted molar refractivity (Wildman–Crippen MR) is 124 cm³/mol. The van der Waals surface area contributed by atoms with Crippen molar-refractivity contribution in [3.63, 3.8) is 0 Å². The van der Waals surface area contributed by atoms with Gasteiger partial charge in [-0.15, -0.1) is 11.3 Å². The molecule has 1 N–H and O–H groups in total. The molecular weight excluding hydrogens is 444 g/mol. The molecule has 2 aromatic carbocycles. The molecule has 0 fully saturated rings. The Morgan fingerprint density at radius 3 is 2.39 bits per heavy atom. The Morgan fingerprint density at radius 2 is 1.76 bits per heavy atom. The maximum atomic E-state index is 12.5. The third-order valence-corrected chi connectivity index (χ3v) is 5.65. The molecule has 0 aliphatic rings. The van der Waals surface area contributed by atoms with Gasteiger partial charge in [0, 0.05) is 4.88 Å². The van der Waals surface area contributed by atoms with E-state index in [9.17, 15) is 9.59 Å². The summed E-state index contributed by atoms with van der Waals surface area (Å²) in [6, 6.07) is 15.5. The number of rotatable bonds is 9. The molecule has 0 spiro atoms. The maximum Gasteiger partial charge on any atom is 0.350 e. The highest BCUT2D eigenvalue weighted by atomic mass is 32.1. The van der Waals surface area contributed by atoms with Gasteiger partial charge in [0.1, 0.15) is 10.6 Å². The van der Waals surface area contributed by atoms with E-state index in [2.05, 4.69) is 5.32 Å². The fourth-order valence-electron chi connectivity index (χ4n) is 2.92. The van der Waals surface area contributed by atoms with Crippen molar-refractivity contribution >= 4 is 28.9 Å². The van der Waals surface area contributed by atoms with E-state index < -0.39 is 11.9 Å². The number of esters is 1. The number of nitrogens with zero attached hydrogens (tertiary/aromatic N) is 1. The number of nitrogens with one attached hydrogen (secondary N) is 1. The minimum Gasteiger partial charge on any atom is -0.493 e. The van der Waals surface area contributed by atoms with Crippen molar-refractivity contribution in [2.45, 2.75) is 6.92 Å². The van der Waals surface area contributed by atoms with Crippen molar-refractivity contribution in [3.05, 3.63) is 59.0 Å². The molecule has 33 heavy (non-hydrogen) atoms. The molecular formula is C24H22N2O6S. The third kappa shape index (κ3) is 5.81. The lowest BCUT2D eigenvalue weighted by Gasteiger charge is -2.08. The average Bonchev–Trinajstić information content (AvgIpc) is 3.26. The highest BCUT2D eigenvalue weighted by Gasteiger charge is 2.21. The van der Waals surface area contributed by atoms with Gasteiger partial charge in [-0.1, -0.05) is 0 Å². The Bertz CT molecular complexity index is 1180. The van der Waals surface area contributed by atoms with Crippen molar-refractivity contribution < 1.29 is 28.5 Å². The van der Waals surface area contributed by atoms with E-state index in [1.165, 1.54) is 11.3 Å². The molecule has 9 heteroatoms. The fourth-order valence-corrected chi connectivity index (χ4v) is 3.93. The third-order valence-electron chi connectivity index (χ3n) is 4.49. The predicted octanol–water partition coefficient (Wildman–Crippen LogP) is 4.50. The summed E-state index contributed by atoms with van der Waals surface area (Å²) in [5.41, 5.74) is 1.61. The van der Waals surface area contributed by atoms with Crippen molar-refractivity contribution in [2.75, 3.05) is 32.8 Å². The highest BCUT2D eigenvalue weighted by Crippen LogP contribution is 2.39. The van der Waals surface area contributed by atoms with E-state index in [1.807, 2.05) is 12.1 Å². The van der Waals surface area contributed by atoms with Gasteiger partial charge in [-0.3, -0.25) is 4.79 Å². The molecule has 1 heterocycles. The summed E-state index contributed by atoms with van der Waals surface area (Å²) in [4.78, 5) is 26.0. The normalized spacial score (nSPS) is 10.1. The second kappa shape index (κ2) is 11.0. The van der Waals surface area contributed by atoms with Crippen LogP contribution in [0.15, 0.2) is 48.5 Å². The number of hydrogen-bond donors (Lipinski definition) is 1. The smallest absolute Gasteiger partial charge is 0.350 e. The summed E-state index contributed by atoms with van der Waals surface area (Å²) in [7, 11) is 3.09. The van der Waals surface area contributed by atoms with Gasteiger partial charge in [0.05, 0.1) is 38.1 Å². The molecule has 1 amide bonds. The van der Waals surface area contributed by atoms with E-state index in [-0.39, 0.29) is 18.1 Å². The molecule has 0 radical (unpaired) electrons. The minimum absolute atomic E-state index is 0.206. The minimum atomic E-state index is -0.530. The molecule has 0 aliphatic carbocycles. The van der Waals surface area contributed by atoms with Crippen LogP contribution in [0.5, 0.6) is 17.2 Å². The molecule has 8 nitrogen and oxygen atoms in total. The molecule has 1 aromatic heterocycles. The van der Waals surface area contributed by atoms with E-state index in [0.29, 0.717) is 28.5 Å². The standard InChI is InChI=1S/C24H22N2O6S/c1-4-31-24(28)23-18(26-22(27)14-32-17-8-5-15(13-25)6-9-17)12-21(33-23)16-7-10-19(29-2)20(11-16)30-3/h5-12H,4,14H2,1-3H3,(H,26,27). The van der Waals surface area contributed by atoms with Gasteiger partial charge in [-0.25, -0.2) is 4.79 Å². The number of hydrogen-bond acceptors (Lipinski definition) is 8. The van der Waals surface area contributed by atoms with Crippen LogP contribution in [0.4, 0.5) is 5.69 Å². The Morgan fingerprint density at radius 1 is 1.03 bits per heavy atom. The summed E-state index contributed by atoms with van der Waals surface area (Å²) < 4.78 is 21.3. The molecule has 0 unspecified atom stereocenters. The zero-order valence-corrected chi connectivity index (χ0v) is 19.2. The number of anilines is 1. The van der Waals surface area contributed by atoms with Gasteiger partial charge >= 0.3 is 5.97 Å². The fraction of sp³-hybridized carbons (Fsp3) is 0.208. The second-order valence-electron chi connectivity index (χ2n) is 6.62. The molecule has 0 saturated heterocycles. The quantitative estimate of drug-likeness (QED) is 0.463. The van der Waals surface area contributed by atoms with Gasteiger partial charge in [0.2, 0.25) is 0 Å². The Kier molecular flexibility index (Phi) is 7.89. The van der Waals surface area contributed by atoms with Crippen LogP contribution in [-0.2, 0) is 9.53 Å². The van der Waals surface area contributed by atoms with Crippen LogP contribution in [0.25, 0.3) is 10.4 Å². The van der Waals surface area contributed by atoms with Gasteiger partial charge in [0.15, 0.2) is 18.1 Å². The zero-order valence-electron chi connectivity index (χ0n) is 18.3. The molecule has 3 rings (SSSR count). The molecule has 170 valence electrons. The van der Waals surface area contributed by atoms with Crippen molar-refractivity contribution in [2.24, 2.45) is 0 Å². The molecule has 3 aromatic rings. The number of amides is 1. The maximum absolute atomic E-state index is 12.5. The number of carbonyl (C=O) groups is 2. The van der Waals surface area contributed by atoms with Crippen LogP contribution in [0.1, 0.15) is 22.2 Å². The molecule has 0 aliphatic heterocycles. The lowest BCUT2D eigenvalue weighted by Crippen LogP contribution is -2.21. The summed E-state index contributed by atoms with van der Waals surface area (Å²) >= 11 is 1.20. The summed E-state index contributed by atoms with van der Waals surface area (Å²) in [5, 5.41) is 11.6. The lowest BCUT2D eigenvalue weighted by atomic mass is 10.1. The SMILES string of the molecule is CCOC(=O)c1sc(-c2ccc(OC)c(OC)c2)cc1NC(=O)COc1ccc(C#N)cc1. The molecule has 0 saturated carbocycles. The van der Waals surface area contributed by atoms with E-state index >= 15 is 0 Å². The first-order valence-electron chi connectivity index (χ1n) is 9.95. The van der Waals surface area contributed by atoms with Crippen LogP contribution in [0, 0.1) is 11.3 Å². The Labute approximate surface area is 195 Å². The summed E-state index contributed by atoms with van der Waals surface area (Å²) in [5.74, 6) is 0.601. The molecule has 0 atom stereocenters. The van der Waals surface area contributed by atoms with E-state index in [4.69, 9.17) is 24.2 Å². The van der Waals surface area contributed by atoms with Crippen LogP contribution in [-0.4, -0.2) is 39.3 Å². The first-order chi connectivity index (χ1) is 16.0. The first kappa shape index (κ1) is 23.6. The number of ether oxygens (including phenoxy) is 4. The number of benzene rings is 2. The number of nitriles is 1. The summed E-state index contributed by atoms with van der Waals surface area (Å²) in [6.07, 6.45) is 0. The summed E-state index contributed by atoms with van der Waals surface area (Å²) in [6.45, 7) is 1.65. The van der Waals surface area contributed by atoms with Gasteiger partial charge in [0.25, 0.3) is 5.91 Å². The molecule has 0 bridgehead atoms. The Balaban J connectivity index is 1.81. The van der Waals surface area contributed by atoms with Crippen LogP contribution >= 0.6 is 11.3 Å². The van der Waals surface area contributed by atoms with E-state index in [0.717, 1.165) is 10.4 Å². The number of thiophene rings is 1. The van der Waals surface area contributed by atoms with Crippen molar-refractivity contribution in [1.29, 1.82) is 5.26 Å². The zero-order chi connectivity index (χ0) is 23.8. The topological polar surface area (TPSA) is 107 Å². The Hall–Kier alpha value is -4.03. The monoisotopic (exact) mass is 466 g/mol. The van der Waals surface area contributed by atoms with Gasteiger partial charge < -0.3 is 24.3 Å². The van der Waals surface area contributed by atoms with E-state index in [1.54, 1.807) is 63.6 Å². The number of methoxy groups -OCH3 is 2. The number of carbonyl (C=O) groups excluding carboxylic acids is 2. The van der Waals surface area contributed by atoms with Gasteiger partial charge in [-0.05, 0) is 61.0 Å². The van der Waals surface area contributed by atoms with Crippen LogP contribution in [0.2, 0.25) is 0 Å². The highest BCUT2D eigenvalue weighted by molar-refractivity contribution is 7.18. The average molecular weight is 467 g/mol.